The monoisotopic (exact) mass is 462 g/mol. The summed E-state index contributed by atoms with van der Waals surface area (Å²) in [5.74, 6) is -1.94. The molecule has 0 atom stereocenters. The van der Waals surface area contributed by atoms with Crippen molar-refractivity contribution in [1.82, 2.24) is 9.97 Å². The zero-order valence-corrected chi connectivity index (χ0v) is 17.0. The van der Waals surface area contributed by atoms with E-state index in [0.29, 0.717) is 11.3 Å². The minimum atomic E-state index is -4.86. The molecule has 0 spiro atoms. The summed E-state index contributed by atoms with van der Waals surface area (Å²) in [6.07, 6.45) is -4.86. The van der Waals surface area contributed by atoms with Crippen LogP contribution in [0.3, 0.4) is 0 Å². The van der Waals surface area contributed by atoms with Gasteiger partial charge in [0, 0.05) is 17.3 Å². The maximum absolute atomic E-state index is 12.6. The Morgan fingerprint density at radius 3 is 2.42 bits per heavy atom. The lowest BCUT2D eigenvalue weighted by Gasteiger charge is -2.13. The zero-order valence-electron chi connectivity index (χ0n) is 17.0. The van der Waals surface area contributed by atoms with E-state index in [0.717, 1.165) is 12.1 Å². The summed E-state index contributed by atoms with van der Waals surface area (Å²) in [6.45, 7) is -0.478. The summed E-state index contributed by atoms with van der Waals surface area (Å²) in [4.78, 5) is 30.8. The van der Waals surface area contributed by atoms with Crippen molar-refractivity contribution in [1.29, 1.82) is 0 Å². The van der Waals surface area contributed by atoms with E-state index < -0.39 is 30.6 Å². The number of carbonyl (C=O) groups excluding carboxylic acids is 1. The van der Waals surface area contributed by atoms with Crippen LogP contribution in [0.2, 0.25) is 0 Å². The molecule has 0 amide bonds. The molecule has 1 heterocycles. The molecule has 172 valence electrons. The van der Waals surface area contributed by atoms with Crippen molar-refractivity contribution in [2.24, 2.45) is 0 Å². The number of aromatic nitrogens is 2. The maximum atomic E-state index is 12.6. The van der Waals surface area contributed by atoms with Crippen LogP contribution < -0.4 is 15.4 Å². The molecule has 0 saturated heterocycles. The molecule has 3 aromatic rings. The number of carbonyl (C=O) groups is 2. The van der Waals surface area contributed by atoms with Gasteiger partial charge in [-0.15, -0.1) is 13.2 Å². The Labute approximate surface area is 185 Å². The van der Waals surface area contributed by atoms with Gasteiger partial charge in [-0.25, -0.2) is 9.78 Å². The third-order valence-corrected chi connectivity index (χ3v) is 4.07. The van der Waals surface area contributed by atoms with E-state index in [-0.39, 0.29) is 23.0 Å². The number of benzene rings is 2. The number of ether oxygens (including phenoxy) is 2. The Morgan fingerprint density at radius 1 is 1.06 bits per heavy atom. The van der Waals surface area contributed by atoms with Crippen LogP contribution in [-0.4, -0.2) is 47.0 Å². The van der Waals surface area contributed by atoms with E-state index in [9.17, 15) is 22.8 Å². The number of carboxylic acid groups (broad SMARTS) is 1. The highest BCUT2D eigenvalue weighted by atomic mass is 19.4. The van der Waals surface area contributed by atoms with Crippen molar-refractivity contribution >= 4 is 29.4 Å². The van der Waals surface area contributed by atoms with Crippen LogP contribution in [0.5, 0.6) is 5.75 Å². The fourth-order valence-electron chi connectivity index (χ4n) is 2.70. The number of carboxylic acids is 1. The number of esters is 1. The fraction of sp³-hybridized carbons (Fsp3) is 0.143. The number of nitrogens with one attached hydrogen (secondary N) is 2. The Balaban J connectivity index is 1.93. The van der Waals surface area contributed by atoms with E-state index >= 15 is 0 Å². The number of methoxy groups -OCH3 is 1. The summed E-state index contributed by atoms with van der Waals surface area (Å²) in [5, 5.41) is 14.4. The van der Waals surface area contributed by atoms with E-state index in [1.165, 1.54) is 37.4 Å². The number of halogens is 3. The molecule has 33 heavy (non-hydrogen) atoms. The van der Waals surface area contributed by atoms with E-state index in [4.69, 9.17) is 5.11 Å². The van der Waals surface area contributed by atoms with Crippen molar-refractivity contribution in [2.75, 3.05) is 24.3 Å². The molecule has 0 aliphatic rings. The summed E-state index contributed by atoms with van der Waals surface area (Å²) in [5.41, 5.74) is 1.35. The van der Waals surface area contributed by atoms with Crippen LogP contribution in [0.4, 0.5) is 30.6 Å². The highest BCUT2D eigenvalue weighted by Gasteiger charge is 2.31. The Hall–Kier alpha value is -4.35. The van der Waals surface area contributed by atoms with Crippen molar-refractivity contribution in [2.45, 2.75) is 6.36 Å². The quantitative estimate of drug-likeness (QED) is 0.425. The van der Waals surface area contributed by atoms with Crippen LogP contribution in [0, 0.1) is 0 Å². The summed E-state index contributed by atoms with van der Waals surface area (Å²) < 4.78 is 46.3. The third kappa shape index (κ3) is 6.82. The molecule has 0 radical (unpaired) electrons. The molecule has 0 aliphatic carbocycles. The predicted octanol–water partition coefficient (Wildman–Crippen LogP) is 4.07. The standard InChI is InChI=1S/C21H17F3N4O5/c1-32-19(31)12-5-7-14(8-6-12)26-17-10-16(27-20(28-17)25-11-18(29)30)13-3-2-4-15(9-13)33-21(22,23)24/h2-10H,11H2,1H3,(H,29,30)(H2,25,26,27,28). The molecular weight excluding hydrogens is 445 g/mol. The van der Waals surface area contributed by atoms with Gasteiger partial charge in [0.2, 0.25) is 5.95 Å². The first kappa shape index (κ1) is 23.3. The number of anilines is 3. The van der Waals surface area contributed by atoms with Gasteiger partial charge in [-0.1, -0.05) is 12.1 Å². The second kappa shape index (κ2) is 9.85. The SMILES string of the molecule is COC(=O)c1ccc(Nc2cc(-c3cccc(OC(F)(F)F)c3)nc(NCC(=O)O)n2)cc1. The number of hydrogen-bond donors (Lipinski definition) is 3. The van der Waals surface area contributed by atoms with Crippen LogP contribution in [0.15, 0.2) is 54.6 Å². The van der Waals surface area contributed by atoms with Crippen molar-refractivity contribution in [3.05, 3.63) is 60.2 Å². The lowest BCUT2D eigenvalue weighted by molar-refractivity contribution is -0.274. The zero-order chi connectivity index (χ0) is 24.0. The van der Waals surface area contributed by atoms with Gasteiger partial charge in [0.05, 0.1) is 18.4 Å². The minimum absolute atomic E-state index is 0.0641. The first-order valence-corrected chi connectivity index (χ1v) is 9.29. The average molecular weight is 462 g/mol. The molecule has 2 aromatic carbocycles. The van der Waals surface area contributed by atoms with Crippen molar-refractivity contribution in [3.8, 4) is 17.0 Å². The van der Waals surface area contributed by atoms with Crippen LogP contribution in [-0.2, 0) is 9.53 Å². The molecule has 0 bridgehead atoms. The second-order valence-electron chi connectivity index (χ2n) is 6.48. The van der Waals surface area contributed by atoms with Gasteiger partial charge in [-0.05, 0) is 36.4 Å². The number of aliphatic carboxylic acids is 1. The molecule has 1 aromatic heterocycles. The largest absolute Gasteiger partial charge is 0.573 e. The molecule has 0 saturated carbocycles. The van der Waals surface area contributed by atoms with Crippen molar-refractivity contribution < 1.29 is 37.3 Å². The lowest BCUT2D eigenvalue weighted by Crippen LogP contribution is -2.17. The van der Waals surface area contributed by atoms with Crippen LogP contribution in [0.1, 0.15) is 10.4 Å². The first-order valence-electron chi connectivity index (χ1n) is 9.29. The Morgan fingerprint density at radius 2 is 1.79 bits per heavy atom. The molecule has 3 rings (SSSR count). The fourth-order valence-corrected chi connectivity index (χ4v) is 2.70. The maximum Gasteiger partial charge on any atom is 0.573 e. The second-order valence-corrected chi connectivity index (χ2v) is 6.48. The van der Waals surface area contributed by atoms with Gasteiger partial charge in [-0.2, -0.15) is 4.98 Å². The van der Waals surface area contributed by atoms with Crippen LogP contribution in [0.25, 0.3) is 11.3 Å². The van der Waals surface area contributed by atoms with Gasteiger partial charge in [0.1, 0.15) is 18.1 Å². The summed E-state index contributed by atoms with van der Waals surface area (Å²) in [7, 11) is 1.26. The summed E-state index contributed by atoms with van der Waals surface area (Å²) in [6, 6.07) is 12.9. The molecule has 0 fully saturated rings. The molecule has 3 N–H and O–H groups in total. The van der Waals surface area contributed by atoms with Gasteiger partial charge in [-0.3, -0.25) is 4.79 Å². The molecule has 0 unspecified atom stereocenters. The van der Waals surface area contributed by atoms with Gasteiger partial charge >= 0.3 is 18.3 Å². The number of alkyl halides is 3. The highest BCUT2D eigenvalue weighted by Crippen LogP contribution is 2.29. The Bertz CT molecular complexity index is 1150. The molecular formula is C21H17F3N4O5. The first-order chi connectivity index (χ1) is 15.6. The topological polar surface area (TPSA) is 123 Å². The lowest BCUT2D eigenvalue weighted by atomic mass is 10.1. The van der Waals surface area contributed by atoms with E-state index in [1.807, 2.05) is 0 Å². The molecule has 0 aliphatic heterocycles. The molecule has 9 nitrogen and oxygen atoms in total. The number of nitrogens with zero attached hydrogens (tertiary/aromatic N) is 2. The highest BCUT2D eigenvalue weighted by molar-refractivity contribution is 5.89. The molecule has 12 heteroatoms. The van der Waals surface area contributed by atoms with Crippen molar-refractivity contribution in [3.63, 3.8) is 0 Å². The minimum Gasteiger partial charge on any atom is -0.480 e. The average Bonchev–Trinajstić information content (AvgIpc) is 2.76. The number of rotatable bonds is 8. The smallest absolute Gasteiger partial charge is 0.480 e. The van der Waals surface area contributed by atoms with Gasteiger partial charge in [0.25, 0.3) is 0 Å². The van der Waals surface area contributed by atoms with E-state index in [1.54, 1.807) is 12.1 Å². The third-order valence-electron chi connectivity index (χ3n) is 4.07. The normalized spacial score (nSPS) is 10.9. The number of hydrogen-bond acceptors (Lipinski definition) is 8. The predicted molar refractivity (Wildman–Crippen MR) is 111 cm³/mol. The van der Waals surface area contributed by atoms with Crippen LogP contribution >= 0.6 is 0 Å². The summed E-state index contributed by atoms with van der Waals surface area (Å²) >= 11 is 0. The van der Waals surface area contributed by atoms with E-state index in [2.05, 4.69) is 30.1 Å². The van der Waals surface area contributed by atoms with Gasteiger partial charge < -0.3 is 25.2 Å². The van der Waals surface area contributed by atoms with Gasteiger partial charge in [0.15, 0.2) is 0 Å². The Kier molecular flexibility index (Phi) is 6.96.